The Hall–Kier alpha value is -5.86. The summed E-state index contributed by atoms with van der Waals surface area (Å²) >= 11 is 0. The average Bonchev–Trinajstić information content (AvgIpc) is 3.76. The standard InChI is InChI=1S/C50H42N2/c1-31-20-23-38-41-30-47(32(2)27-44(41)50(5,6)43(38)26-31)51(34-21-24-37-36-16-10-12-18-42(36)49(3,4)45(37)28-34)35-22-25-40-39-17-11-13-19-46(39)52(48(40)29-35)33-14-8-7-9-15-33/h7-30H,1-6H3/i5D3,6D3. The minimum Gasteiger partial charge on any atom is -0.310 e. The molecule has 1 heterocycles. The van der Waals surface area contributed by atoms with Gasteiger partial charge in [0.2, 0.25) is 0 Å². The quantitative estimate of drug-likeness (QED) is 0.180. The number of aromatic nitrogens is 1. The zero-order valence-corrected chi connectivity index (χ0v) is 29.8. The Morgan fingerprint density at radius 1 is 0.500 bits per heavy atom. The molecule has 0 unspecified atom stereocenters. The number of hydrogen-bond acceptors (Lipinski definition) is 1. The molecular formula is C50H42N2. The van der Waals surface area contributed by atoms with Crippen molar-refractivity contribution >= 4 is 38.9 Å². The fraction of sp³-hybridized carbons (Fsp3) is 0.160. The molecule has 1 aromatic heterocycles. The van der Waals surface area contributed by atoms with Crippen molar-refractivity contribution < 1.29 is 8.22 Å². The van der Waals surface area contributed by atoms with Crippen molar-refractivity contribution in [3.63, 3.8) is 0 Å². The molecule has 2 aliphatic carbocycles. The molecule has 0 saturated carbocycles. The van der Waals surface area contributed by atoms with E-state index in [-0.39, 0.29) is 5.41 Å². The van der Waals surface area contributed by atoms with Crippen LogP contribution >= 0.6 is 0 Å². The van der Waals surface area contributed by atoms with Crippen LogP contribution in [0.15, 0.2) is 146 Å². The van der Waals surface area contributed by atoms with Crippen LogP contribution in [-0.4, -0.2) is 4.57 Å². The summed E-state index contributed by atoms with van der Waals surface area (Å²) in [5.41, 5.74) is 11.9. The van der Waals surface area contributed by atoms with E-state index in [1.54, 1.807) is 6.07 Å². The van der Waals surface area contributed by atoms with Gasteiger partial charge in [-0.1, -0.05) is 130 Å². The molecule has 2 nitrogen and oxygen atoms in total. The predicted octanol–water partition coefficient (Wildman–Crippen LogP) is 13.5. The molecule has 2 aliphatic rings. The molecule has 0 spiro atoms. The van der Waals surface area contributed by atoms with Crippen LogP contribution in [0.2, 0.25) is 0 Å². The van der Waals surface area contributed by atoms with Gasteiger partial charge in [-0.05, 0) is 112 Å². The molecule has 52 heavy (non-hydrogen) atoms. The number of fused-ring (bicyclic) bond motifs is 9. The largest absolute Gasteiger partial charge is 0.310 e. The Kier molecular flexibility index (Phi) is 5.24. The van der Waals surface area contributed by atoms with Crippen LogP contribution in [0.5, 0.6) is 0 Å². The van der Waals surface area contributed by atoms with Crippen LogP contribution in [0.3, 0.4) is 0 Å². The normalized spacial score (nSPS) is 16.8. The van der Waals surface area contributed by atoms with Crippen molar-refractivity contribution in [1.82, 2.24) is 4.57 Å². The maximum Gasteiger partial charge on any atom is 0.0561 e. The van der Waals surface area contributed by atoms with Crippen LogP contribution < -0.4 is 4.90 Å². The second kappa shape index (κ2) is 10.8. The van der Waals surface area contributed by atoms with Gasteiger partial charge < -0.3 is 9.47 Å². The third-order valence-corrected chi connectivity index (χ3v) is 11.6. The van der Waals surface area contributed by atoms with E-state index in [0.717, 1.165) is 55.7 Å². The zero-order valence-electron chi connectivity index (χ0n) is 35.8. The molecule has 0 saturated heterocycles. The molecule has 0 radical (unpaired) electrons. The molecule has 7 aromatic carbocycles. The zero-order chi connectivity index (χ0) is 40.5. The van der Waals surface area contributed by atoms with Gasteiger partial charge in [-0.25, -0.2) is 0 Å². The van der Waals surface area contributed by atoms with Gasteiger partial charge in [0.15, 0.2) is 0 Å². The summed E-state index contributed by atoms with van der Waals surface area (Å²) in [6.07, 6.45) is 0. The van der Waals surface area contributed by atoms with E-state index in [4.69, 9.17) is 8.22 Å². The maximum absolute atomic E-state index is 8.88. The Morgan fingerprint density at radius 2 is 1.13 bits per heavy atom. The smallest absolute Gasteiger partial charge is 0.0561 e. The Morgan fingerprint density at radius 3 is 1.98 bits per heavy atom. The van der Waals surface area contributed by atoms with Crippen LogP contribution in [-0.2, 0) is 10.8 Å². The SMILES string of the molecule is [2H]C([2H])([2H])C1(C([2H])([2H])[2H])c2cc(C)ccc2-c2cc(N(c3ccc4c(c3)C(C)(C)c3ccccc3-4)c3ccc4c5ccccc5n(-c5ccccc5)c4c3)c(C)cc21. The van der Waals surface area contributed by atoms with Gasteiger partial charge in [0, 0.05) is 52.6 Å². The lowest BCUT2D eigenvalue weighted by atomic mass is 9.81. The van der Waals surface area contributed by atoms with Gasteiger partial charge in [0.25, 0.3) is 0 Å². The third kappa shape index (κ3) is 4.24. The number of nitrogens with zero attached hydrogens (tertiary/aromatic N) is 2. The van der Waals surface area contributed by atoms with E-state index in [1.807, 2.05) is 44.2 Å². The van der Waals surface area contributed by atoms with Crippen molar-refractivity contribution in [3.8, 4) is 27.9 Å². The first-order chi connectivity index (χ1) is 27.6. The maximum atomic E-state index is 8.88. The number of anilines is 3. The summed E-state index contributed by atoms with van der Waals surface area (Å²) in [5.74, 6) is 0. The first-order valence-corrected chi connectivity index (χ1v) is 18.0. The van der Waals surface area contributed by atoms with Crippen molar-refractivity contribution in [2.24, 2.45) is 0 Å². The number of aryl methyl sites for hydroxylation is 2. The third-order valence-electron chi connectivity index (χ3n) is 11.6. The summed E-state index contributed by atoms with van der Waals surface area (Å²) in [6.45, 7) is 2.70. The van der Waals surface area contributed by atoms with Crippen LogP contribution in [0.4, 0.5) is 17.1 Å². The molecule has 0 atom stereocenters. The lowest BCUT2D eigenvalue weighted by molar-refractivity contribution is 0.659. The van der Waals surface area contributed by atoms with Crippen molar-refractivity contribution in [2.45, 2.75) is 52.2 Å². The Balaban J connectivity index is 1.27. The van der Waals surface area contributed by atoms with E-state index < -0.39 is 19.1 Å². The van der Waals surface area contributed by atoms with E-state index >= 15 is 0 Å². The highest BCUT2D eigenvalue weighted by Crippen LogP contribution is 2.54. The van der Waals surface area contributed by atoms with Gasteiger partial charge in [-0.15, -0.1) is 0 Å². The van der Waals surface area contributed by atoms with E-state index in [1.165, 1.54) is 22.3 Å². The van der Waals surface area contributed by atoms with Crippen molar-refractivity contribution in [2.75, 3.05) is 4.90 Å². The molecule has 0 N–H and O–H groups in total. The molecular weight excluding hydrogens is 629 g/mol. The van der Waals surface area contributed by atoms with Gasteiger partial charge >= 0.3 is 0 Å². The highest BCUT2D eigenvalue weighted by Gasteiger charge is 2.38. The Labute approximate surface area is 315 Å². The minimum atomic E-state index is -2.85. The summed E-state index contributed by atoms with van der Waals surface area (Å²) in [5, 5.41) is 2.28. The molecule has 0 bridgehead atoms. The monoisotopic (exact) mass is 676 g/mol. The minimum absolute atomic E-state index is 0.250. The fourth-order valence-electron chi connectivity index (χ4n) is 9.03. The van der Waals surface area contributed by atoms with E-state index in [2.05, 4.69) is 133 Å². The molecule has 0 fully saturated rings. The van der Waals surface area contributed by atoms with Crippen molar-refractivity contribution in [3.05, 3.63) is 179 Å². The lowest BCUT2D eigenvalue weighted by Gasteiger charge is -2.30. The molecule has 8 aromatic rings. The summed E-state index contributed by atoms with van der Waals surface area (Å²) in [6, 6.07) is 50.2. The topological polar surface area (TPSA) is 8.17 Å². The van der Waals surface area contributed by atoms with Gasteiger partial charge in [0.1, 0.15) is 0 Å². The highest BCUT2D eigenvalue weighted by atomic mass is 15.1. The molecule has 2 heteroatoms. The van der Waals surface area contributed by atoms with Gasteiger partial charge in [-0.2, -0.15) is 0 Å². The first-order valence-electron chi connectivity index (χ1n) is 21.0. The second-order valence-corrected chi connectivity index (χ2v) is 15.1. The van der Waals surface area contributed by atoms with Gasteiger partial charge in [0.05, 0.1) is 11.0 Å². The average molecular weight is 677 g/mol. The number of para-hydroxylation sites is 2. The predicted molar refractivity (Wildman–Crippen MR) is 220 cm³/mol. The number of hydrogen-bond donors (Lipinski definition) is 0. The molecule has 10 rings (SSSR count). The van der Waals surface area contributed by atoms with Crippen LogP contribution in [0, 0.1) is 13.8 Å². The van der Waals surface area contributed by atoms with Crippen molar-refractivity contribution in [1.29, 1.82) is 0 Å². The first kappa shape index (κ1) is 25.2. The second-order valence-electron chi connectivity index (χ2n) is 15.1. The molecule has 0 aliphatic heterocycles. The fourth-order valence-corrected chi connectivity index (χ4v) is 9.03. The van der Waals surface area contributed by atoms with Crippen LogP contribution in [0.1, 0.15) is 69.2 Å². The molecule has 0 amide bonds. The number of benzene rings is 7. The van der Waals surface area contributed by atoms with E-state index in [0.29, 0.717) is 22.3 Å². The molecule has 252 valence electrons. The summed E-state index contributed by atoms with van der Waals surface area (Å²) < 4.78 is 55.6. The Bertz CT molecular complexity index is 2970. The van der Waals surface area contributed by atoms with Crippen LogP contribution in [0.25, 0.3) is 49.7 Å². The number of rotatable bonds is 4. The summed E-state index contributed by atoms with van der Waals surface area (Å²) in [4.78, 5) is 2.26. The summed E-state index contributed by atoms with van der Waals surface area (Å²) in [7, 11) is 0. The van der Waals surface area contributed by atoms with E-state index in [9.17, 15) is 0 Å². The highest BCUT2D eigenvalue weighted by molar-refractivity contribution is 6.10. The van der Waals surface area contributed by atoms with Gasteiger partial charge in [-0.3, -0.25) is 0 Å². The lowest BCUT2D eigenvalue weighted by Crippen LogP contribution is -2.18.